The predicted molar refractivity (Wildman–Crippen MR) is 93.4 cm³/mol. The Morgan fingerprint density at radius 1 is 1.12 bits per heavy atom. The standard InChI is InChI=1S/C20H19FN2O/c1-13-6-4-5-7-16(13)12-23(3)20(24)18-10-15-8-9-17(21)11-19(15)22-14(18)2/h4-11H,12H2,1-3H3. The molecule has 4 heteroatoms. The van der Waals surface area contributed by atoms with Gasteiger partial charge < -0.3 is 4.90 Å². The first-order chi connectivity index (χ1) is 11.5. The number of halogens is 1. The molecule has 0 fully saturated rings. The maximum atomic E-state index is 13.3. The van der Waals surface area contributed by atoms with Gasteiger partial charge in [-0.05, 0) is 43.2 Å². The zero-order valence-electron chi connectivity index (χ0n) is 14.0. The SMILES string of the molecule is Cc1ccccc1CN(C)C(=O)c1cc2ccc(F)cc2nc1C. The minimum atomic E-state index is -0.329. The number of carbonyl (C=O) groups excluding carboxylic acids is 1. The molecule has 0 atom stereocenters. The Bertz CT molecular complexity index is 921. The monoisotopic (exact) mass is 322 g/mol. The van der Waals surface area contributed by atoms with Crippen molar-refractivity contribution in [2.45, 2.75) is 20.4 Å². The van der Waals surface area contributed by atoms with Gasteiger partial charge in [0.25, 0.3) is 5.91 Å². The molecule has 0 aliphatic carbocycles. The van der Waals surface area contributed by atoms with Crippen molar-refractivity contribution in [1.82, 2.24) is 9.88 Å². The van der Waals surface area contributed by atoms with Gasteiger partial charge in [-0.15, -0.1) is 0 Å². The second kappa shape index (κ2) is 6.40. The van der Waals surface area contributed by atoms with Crippen LogP contribution in [0.2, 0.25) is 0 Å². The van der Waals surface area contributed by atoms with Crippen LogP contribution in [0, 0.1) is 19.7 Å². The van der Waals surface area contributed by atoms with Crippen LogP contribution in [0.1, 0.15) is 27.2 Å². The molecule has 0 saturated heterocycles. The van der Waals surface area contributed by atoms with E-state index in [9.17, 15) is 9.18 Å². The van der Waals surface area contributed by atoms with Gasteiger partial charge in [-0.2, -0.15) is 0 Å². The van der Waals surface area contributed by atoms with E-state index in [0.717, 1.165) is 16.5 Å². The molecule has 3 aromatic rings. The van der Waals surface area contributed by atoms with Crippen LogP contribution in [0.5, 0.6) is 0 Å². The molecule has 0 aliphatic heterocycles. The molecule has 1 amide bonds. The van der Waals surface area contributed by atoms with Crippen LogP contribution in [0.25, 0.3) is 10.9 Å². The van der Waals surface area contributed by atoms with E-state index < -0.39 is 0 Å². The van der Waals surface area contributed by atoms with Crippen LogP contribution in [0.3, 0.4) is 0 Å². The summed E-state index contributed by atoms with van der Waals surface area (Å²) in [6, 6.07) is 14.2. The highest BCUT2D eigenvalue weighted by atomic mass is 19.1. The van der Waals surface area contributed by atoms with Crippen molar-refractivity contribution in [3.63, 3.8) is 0 Å². The zero-order chi connectivity index (χ0) is 17.3. The third kappa shape index (κ3) is 3.13. The molecule has 0 aliphatic rings. The van der Waals surface area contributed by atoms with Gasteiger partial charge in [0.1, 0.15) is 5.82 Å². The second-order valence-corrected chi connectivity index (χ2v) is 6.05. The summed E-state index contributed by atoms with van der Waals surface area (Å²) in [5.74, 6) is -0.417. The average Bonchev–Trinajstić information content (AvgIpc) is 2.55. The maximum absolute atomic E-state index is 13.3. The third-order valence-electron chi connectivity index (χ3n) is 4.22. The molecule has 0 saturated carbocycles. The zero-order valence-corrected chi connectivity index (χ0v) is 14.0. The number of carbonyl (C=O) groups is 1. The average molecular weight is 322 g/mol. The Morgan fingerprint density at radius 2 is 1.88 bits per heavy atom. The predicted octanol–water partition coefficient (Wildman–Crippen LogP) is 4.26. The minimum Gasteiger partial charge on any atom is -0.337 e. The number of nitrogens with zero attached hydrogens (tertiary/aromatic N) is 2. The summed E-state index contributed by atoms with van der Waals surface area (Å²) in [4.78, 5) is 18.9. The summed E-state index contributed by atoms with van der Waals surface area (Å²) >= 11 is 0. The third-order valence-corrected chi connectivity index (χ3v) is 4.22. The molecule has 0 unspecified atom stereocenters. The number of rotatable bonds is 3. The Balaban J connectivity index is 1.91. The van der Waals surface area contributed by atoms with Gasteiger partial charge in [-0.3, -0.25) is 9.78 Å². The van der Waals surface area contributed by atoms with E-state index in [-0.39, 0.29) is 11.7 Å². The van der Waals surface area contributed by atoms with E-state index in [1.54, 1.807) is 31.0 Å². The van der Waals surface area contributed by atoms with Crippen LogP contribution in [0.4, 0.5) is 4.39 Å². The normalized spacial score (nSPS) is 10.8. The van der Waals surface area contributed by atoms with E-state index in [1.165, 1.54) is 12.1 Å². The lowest BCUT2D eigenvalue weighted by Crippen LogP contribution is -2.27. The molecule has 0 spiro atoms. The summed E-state index contributed by atoms with van der Waals surface area (Å²) in [7, 11) is 1.78. The lowest BCUT2D eigenvalue weighted by atomic mass is 10.1. The molecule has 122 valence electrons. The van der Waals surface area contributed by atoms with E-state index in [0.29, 0.717) is 23.3 Å². The first-order valence-electron chi connectivity index (χ1n) is 7.82. The number of hydrogen-bond donors (Lipinski definition) is 0. The highest BCUT2D eigenvalue weighted by Gasteiger charge is 2.17. The summed E-state index contributed by atoms with van der Waals surface area (Å²) < 4.78 is 13.3. The lowest BCUT2D eigenvalue weighted by Gasteiger charge is -2.19. The fraction of sp³-hybridized carbons (Fsp3) is 0.200. The Labute approximate surface area is 140 Å². The summed E-state index contributed by atoms with van der Waals surface area (Å²) in [6.45, 7) is 4.34. The van der Waals surface area contributed by atoms with Crippen molar-refractivity contribution in [2.24, 2.45) is 0 Å². The molecule has 0 radical (unpaired) electrons. The molecule has 3 nitrogen and oxygen atoms in total. The van der Waals surface area contributed by atoms with Gasteiger partial charge >= 0.3 is 0 Å². The molecule has 0 N–H and O–H groups in total. The van der Waals surface area contributed by atoms with Crippen molar-refractivity contribution in [3.05, 3.63) is 76.7 Å². The summed E-state index contributed by atoms with van der Waals surface area (Å²) in [5, 5.41) is 0.759. The lowest BCUT2D eigenvalue weighted by molar-refractivity contribution is 0.0784. The molecule has 1 heterocycles. The largest absolute Gasteiger partial charge is 0.337 e. The Kier molecular flexibility index (Phi) is 4.30. The summed E-state index contributed by atoms with van der Waals surface area (Å²) in [6.07, 6.45) is 0. The number of hydrogen-bond acceptors (Lipinski definition) is 2. The van der Waals surface area contributed by atoms with Gasteiger partial charge in [-0.25, -0.2) is 4.39 Å². The van der Waals surface area contributed by atoms with Gasteiger partial charge in [0, 0.05) is 25.0 Å². The molecule has 3 rings (SSSR count). The molecule has 1 aromatic heterocycles. The molecular weight excluding hydrogens is 303 g/mol. The molecular formula is C20H19FN2O. The van der Waals surface area contributed by atoms with Crippen molar-refractivity contribution in [2.75, 3.05) is 7.05 Å². The van der Waals surface area contributed by atoms with Crippen LogP contribution >= 0.6 is 0 Å². The highest BCUT2D eigenvalue weighted by molar-refractivity contribution is 5.98. The minimum absolute atomic E-state index is 0.0884. The molecule has 24 heavy (non-hydrogen) atoms. The van der Waals surface area contributed by atoms with Crippen molar-refractivity contribution >= 4 is 16.8 Å². The fourth-order valence-corrected chi connectivity index (χ4v) is 2.77. The highest BCUT2D eigenvalue weighted by Crippen LogP contribution is 2.20. The van der Waals surface area contributed by atoms with Crippen LogP contribution in [-0.4, -0.2) is 22.8 Å². The Morgan fingerprint density at radius 3 is 2.62 bits per heavy atom. The maximum Gasteiger partial charge on any atom is 0.255 e. The summed E-state index contributed by atoms with van der Waals surface area (Å²) in [5.41, 5.74) is 3.98. The van der Waals surface area contributed by atoms with Crippen molar-refractivity contribution in [1.29, 1.82) is 0 Å². The quantitative estimate of drug-likeness (QED) is 0.722. The van der Waals surface area contributed by atoms with E-state index >= 15 is 0 Å². The van der Waals surface area contributed by atoms with Crippen LogP contribution in [0.15, 0.2) is 48.5 Å². The number of benzene rings is 2. The number of aromatic nitrogens is 1. The van der Waals surface area contributed by atoms with Crippen LogP contribution in [-0.2, 0) is 6.54 Å². The van der Waals surface area contributed by atoms with Gasteiger partial charge in [0.05, 0.1) is 16.8 Å². The Hall–Kier alpha value is -2.75. The van der Waals surface area contributed by atoms with E-state index in [4.69, 9.17) is 0 Å². The topological polar surface area (TPSA) is 33.2 Å². The number of pyridine rings is 1. The van der Waals surface area contributed by atoms with Crippen molar-refractivity contribution < 1.29 is 9.18 Å². The second-order valence-electron chi connectivity index (χ2n) is 6.05. The van der Waals surface area contributed by atoms with E-state index in [1.807, 2.05) is 31.2 Å². The smallest absolute Gasteiger partial charge is 0.255 e. The number of amides is 1. The van der Waals surface area contributed by atoms with Gasteiger partial charge in [0.15, 0.2) is 0 Å². The van der Waals surface area contributed by atoms with Crippen molar-refractivity contribution in [3.8, 4) is 0 Å². The first-order valence-corrected chi connectivity index (χ1v) is 7.82. The fourth-order valence-electron chi connectivity index (χ4n) is 2.77. The number of aryl methyl sites for hydroxylation is 2. The van der Waals surface area contributed by atoms with E-state index in [2.05, 4.69) is 4.98 Å². The van der Waals surface area contributed by atoms with Gasteiger partial charge in [0.2, 0.25) is 0 Å². The van der Waals surface area contributed by atoms with Gasteiger partial charge in [-0.1, -0.05) is 24.3 Å². The first kappa shape index (κ1) is 16.1. The molecule has 0 bridgehead atoms. The molecule has 2 aromatic carbocycles. The van der Waals surface area contributed by atoms with Crippen LogP contribution < -0.4 is 0 Å². The number of fused-ring (bicyclic) bond motifs is 1.